The van der Waals surface area contributed by atoms with E-state index in [4.69, 9.17) is 0 Å². The van der Waals surface area contributed by atoms with Crippen molar-refractivity contribution in [3.8, 4) is 0 Å². The monoisotopic (exact) mass is 414 g/mol. The van der Waals surface area contributed by atoms with Gasteiger partial charge in [-0.3, -0.25) is 4.57 Å². The van der Waals surface area contributed by atoms with Crippen molar-refractivity contribution < 1.29 is 22.8 Å². The summed E-state index contributed by atoms with van der Waals surface area (Å²) in [5.41, 5.74) is -3.06. The number of likely N-dealkylation sites (N-methyl/N-ethyl adjacent to an activating group) is 1. The highest BCUT2D eigenvalue weighted by Gasteiger charge is 2.36. The van der Waals surface area contributed by atoms with Gasteiger partial charge in [-0.25, -0.2) is 14.2 Å². The Kier molecular flexibility index (Phi) is 6.27. The molecule has 1 atom stereocenters. The van der Waals surface area contributed by atoms with Crippen LogP contribution in [0.4, 0.5) is 18.0 Å². The summed E-state index contributed by atoms with van der Waals surface area (Å²) >= 11 is 0. The highest BCUT2D eigenvalue weighted by atomic mass is 19.4. The molecule has 0 saturated heterocycles. The molecular formula is C19H25F3N4O3. The number of carbonyl (C=O) groups excluding carboxylic acids is 2. The molecule has 160 valence electrons. The standard InChI is InChI=1S/C19H25F3N4O3/c1-18(2,3)14(11-27)23-16(28)26-13-8-6-7-12(19(20,21)22)15(13)25(17(26)29)10-9-24(4)5/h6-8,11,14H,9-10H2,1-5H3,(H,23,28)/t14-/m1/s1. The topological polar surface area (TPSA) is 76.3 Å². The predicted octanol–water partition coefficient (Wildman–Crippen LogP) is 2.55. The summed E-state index contributed by atoms with van der Waals surface area (Å²) in [5.74, 6) is 0. The average molecular weight is 414 g/mol. The number of rotatable bonds is 5. The van der Waals surface area contributed by atoms with Gasteiger partial charge in [0.1, 0.15) is 6.29 Å². The van der Waals surface area contributed by atoms with E-state index in [9.17, 15) is 27.6 Å². The molecule has 1 amide bonds. The number of fused-ring (bicyclic) bond motifs is 1. The van der Waals surface area contributed by atoms with Crippen molar-refractivity contribution in [3.05, 3.63) is 34.2 Å². The fourth-order valence-corrected chi connectivity index (χ4v) is 2.90. The Labute approximate surface area is 166 Å². The molecule has 0 radical (unpaired) electrons. The normalized spacial score (nSPS) is 13.7. The molecule has 29 heavy (non-hydrogen) atoms. The Bertz CT molecular complexity index is 968. The van der Waals surface area contributed by atoms with Crippen molar-refractivity contribution >= 4 is 23.4 Å². The summed E-state index contributed by atoms with van der Waals surface area (Å²) in [6.45, 7) is 5.42. The molecule has 0 bridgehead atoms. The van der Waals surface area contributed by atoms with Gasteiger partial charge < -0.3 is 15.0 Å². The van der Waals surface area contributed by atoms with E-state index in [-0.39, 0.29) is 17.6 Å². The van der Waals surface area contributed by atoms with Gasteiger partial charge in [-0.1, -0.05) is 26.8 Å². The Hall–Kier alpha value is -2.62. The summed E-state index contributed by atoms with van der Waals surface area (Å²) in [6.07, 6.45) is -4.17. The Balaban J connectivity index is 2.70. The Morgan fingerprint density at radius 2 is 1.86 bits per heavy atom. The van der Waals surface area contributed by atoms with Crippen molar-refractivity contribution in [3.63, 3.8) is 0 Å². The minimum absolute atomic E-state index is 0.0356. The van der Waals surface area contributed by atoms with Crippen LogP contribution in [0, 0.1) is 5.41 Å². The molecule has 0 aliphatic carbocycles. The average Bonchev–Trinajstić information content (AvgIpc) is 2.86. The van der Waals surface area contributed by atoms with Crippen LogP contribution in [0.2, 0.25) is 0 Å². The van der Waals surface area contributed by atoms with Crippen molar-refractivity contribution in [2.45, 2.75) is 39.5 Å². The summed E-state index contributed by atoms with van der Waals surface area (Å²) in [7, 11) is 3.44. The third-order valence-electron chi connectivity index (χ3n) is 4.58. The molecule has 7 nitrogen and oxygen atoms in total. The van der Waals surface area contributed by atoms with Crippen LogP contribution in [0.15, 0.2) is 23.0 Å². The van der Waals surface area contributed by atoms with Gasteiger partial charge in [0, 0.05) is 13.1 Å². The lowest BCUT2D eigenvalue weighted by Gasteiger charge is -2.26. The lowest BCUT2D eigenvalue weighted by Crippen LogP contribution is -2.48. The number of aromatic nitrogens is 2. The number of benzene rings is 1. The number of alkyl halides is 3. The first-order valence-electron chi connectivity index (χ1n) is 9.01. The lowest BCUT2D eigenvalue weighted by atomic mass is 9.88. The molecule has 0 aliphatic heterocycles. The van der Waals surface area contributed by atoms with E-state index in [1.165, 1.54) is 6.07 Å². The summed E-state index contributed by atoms with van der Waals surface area (Å²) in [5, 5.41) is 2.44. The molecule has 2 rings (SSSR count). The molecule has 0 fully saturated rings. The number of nitrogens with zero attached hydrogens (tertiary/aromatic N) is 3. The third kappa shape index (κ3) is 4.69. The van der Waals surface area contributed by atoms with Gasteiger partial charge in [-0.05, 0) is 31.6 Å². The molecule has 0 unspecified atom stereocenters. The van der Waals surface area contributed by atoms with Crippen molar-refractivity contribution in [2.75, 3.05) is 20.6 Å². The van der Waals surface area contributed by atoms with Crippen molar-refractivity contribution in [1.82, 2.24) is 19.4 Å². The van der Waals surface area contributed by atoms with Crippen LogP contribution in [0.1, 0.15) is 26.3 Å². The maximum atomic E-state index is 13.6. The first-order chi connectivity index (χ1) is 13.3. The van der Waals surface area contributed by atoms with Gasteiger partial charge in [0.2, 0.25) is 0 Å². The molecule has 0 spiro atoms. The van der Waals surface area contributed by atoms with Crippen molar-refractivity contribution in [1.29, 1.82) is 0 Å². The smallest absolute Gasteiger partial charge is 0.327 e. The highest BCUT2D eigenvalue weighted by molar-refractivity contribution is 5.92. The quantitative estimate of drug-likeness (QED) is 0.763. The number of amides is 1. The maximum Gasteiger partial charge on any atom is 0.418 e. The zero-order valence-corrected chi connectivity index (χ0v) is 17.0. The van der Waals surface area contributed by atoms with E-state index < -0.39 is 34.9 Å². The minimum Gasteiger partial charge on any atom is -0.327 e. The number of halogens is 3. The van der Waals surface area contributed by atoms with E-state index >= 15 is 0 Å². The minimum atomic E-state index is -4.70. The van der Waals surface area contributed by atoms with E-state index in [1.807, 2.05) is 0 Å². The second kappa shape index (κ2) is 8.02. The SMILES string of the molecule is CN(C)CCn1c(=O)n(C(=O)N[C@H](C=O)C(C)(C)C)c2cccc(C(F)(F)F)c21. The number of carbonyl (C=O) groups is 2. The largest absolute Gasteiger partial charge is 0.418 e. The maximum absolute atomic E-state index is 13.6. The van der Waals surface area contributed by atoms with Gasteiger partial charge >= 0.3 is 17.9 Å². The van der Waals surface area contributed by atoms with E-state index in [0.717, 1.165) is 16.7 Å². The molecular weight excluding hydrogens is 389 g/mol. The highest BCUT2D eigenvalue weighted by Crippen LogP contribution is 2.34. The van der Waals surface area contributed by atoms with Crippen LogP contribution in [-0.4, -0.2) is 53.0 Å². The fourth-order valence-electron chi connectivity index (χ4n) is 2.90. The molecule has 10 heteroatoms. The van der Waals surface area contributed by atoms with Crippen LogP contribution < -0.4 is 11.0 Å². The lowest BCUT2D eigenvalue weighted by molar-refractivity contribution is -0.136. The van der Waals surface area contributed by atoms with Gasteiger partial charge in [-0.15, -0.1) is 0 Å². The molecule has 0 saturated carbocycles. The summed E-state index contributed by atoms with van der Waals surface area (Å²) < 4.78 is 42.3. The molecule has 1 aromatic heterocycles. The number of hydrogen-bond acceptors (Lipinski definition) is 4. The third-order valence-corrected chi connectivity index (χ3v) is 4.58. The number of aldehydes is 1. The molecule has 2 aromatic rings. The first-order valence-corrected chi connectivity index (χ1v) is 9.01. The summed E-state index contributed by atoms with van der Waals surface area (Å²) in [6, 6.07) is 1.43. The molecule has 1 heterocycles. The second-order valence-corrected chi connectivity index (χ2v) is 8.17. The predicted molar refractivity (Wildman–Crippen MR) is 103 cm³/mol. The molecule has 1 N–H and O–H groups in total. The molecule has 1 aromatic carbocycles. The van der Waals surface area contributed by atoms with E-state index in [2.05, 4.69) is 5.32 Å². The Morgan fingerprint density at radius 1 is 1.24 bits per heavy atom. The van der Waals surface area contributed by atoms with Gasteiger partial charge in [0.05, 0.1) is 22.6 Å². The Morgan fingerprint density at radius 3 is 2.34 bits per heavy atom. The summed E-state index contributed by atoms with van der Waals surface area (Å²) in [4.78, 5) is 38.8. The van der Waals surface area contributed by atoms with E-state index in [1.54, 1.807) is 39.8 Å². The van der Waals surface area contributed by atoms with Crippen LogP contribution in [-0.2, 0) is 17.5 Å². The van der Waals surface area contributed by atoms with Crippen LogP contribution in [0.3, 0.4) is 0 Å². The van der Waals surface area contributed by atoms with Gasteiger partial charge in [-0.2, -0.15) is 13.2 Å². The first kappa shape index (κ1) is 22.7. The van der Waals surface area contributed by atoms with Crippen LogP contribution in [0.5, 0.6) is 0 Å². The fraction of sp³-hybridized carbons (Fsp3) is 0.526. The van der Waals surface area contributed by atoms with Gasteiger partial charge in [0.25, 0.3) is 0 Å². The number of hydrogen-bond donors (Lipinski definition) is 1. The number of imidazole rings is 1. The van der Waals surface area contributed by atoms with E-state index in [0.29, 0.717) is 17.4 Å². The van der Waals surface area contributed by atoms with Crippen LogP contribution in [0.25, 0.3) is 11.0 Å². The molecule has 0 aliphatic rings. The van der Waals surface area contributed by atoms with Crippen molar-refractivity contribution in [2.24, 2.45) is 5.41 Å². The van der Waals surface area contributed by atoms with Gasteiger partial charge in [0.15, 0.2) is 0 Å². The zero-order chi connectivity index (χ0) is 22.1. The van der Waals surface area contributed by atoms with Crippen LogP contribution >= 0.6 is 0 Å². The zero-order valence-electron chi connectivity index (χ0n) is 17.0. The second-order valence-electron chi connectivity index (χ2n) is 8.17. The number of nitrogens with one attached hydrogen (secondary N) is 1. The number of para-hydroxylation sites is 1.